The van der Waals surface area contributed by atoms with Crippen LogP contribution in [-0.2, 0) is 16.3 Å². The van der Waals surface area contributed by atoms with Gasteiger partial charge in [0.05, 0.1) is 26.6 Å². The molecule has 0 radical (unpaired) electrons. The van der Waals surface area contributed by atoms with Crippen LogP contribution < -0.4 is 15.2 Å². The van der Waals surface area contributed by atoms with Gasteiger partial charge in [-0.15, -0.1) is 0 Å². The smallest absolute Gasteiger partial charge is 0.182 e. The molecular formula is C13H20FNO4S. The van der Waals surface area contributed by atoms with Gasteiger partial charge >= 0.3 is 0 Å². The summed E-state index contributed by atoms with van der Waals surface area (Å²) in [5.41, 5.74) is 6.28. The highest BCUT2D eigenvalue weighted by atomic mass is 32.2. The summed E-state index contributed by atoms with van der Waals surface area (Å²) in [5, 5.41) is 0. The van der Waals surface area contributed by atoms with Crippen molar-refractivity contribution < 1.29 is 22.3 Å². The maximum Gasteiger partial charge on any atom is 0.182 e. The number of sulfone groups is 1. The van der Waals surface area contributed by atoms with Crippen LogP contribution in [-0.4, -0.2) is 41.6 Å². The number of rotatable bonds is 8. The molecule has 0 bridgehead atoms. The summed E-state index contributed by atoms with van der Waals surface area (Å²) in [6.07, 6.45) is 0.503. The summed E-state index contributed by atoms with van der Waals surface area (Å²) in [4.78, 5) is 0.0195. The first-order chi connectivity index (χ1) is 9.50. The second-order valence-electron chi connectivity index (χ2n) is 4.21. The Labute approximate surface area is 118 Å². The van der Waals surface area contributed by atoms with Crippen LogP contribution in [0.15, 0.2) is 17.0 Å². The van der Waals surface area contributed by atoms with E-state index >= 15 is 0 Å². The minimum Gasteiger partial charge on any atom is -0.496 e. The third-order valence-electron chi connectivity index (χ3n) is 2.86. The first kappa shape index (κ1) is 16.7. The van der Waals surface area contributed by atoms with Crippen LogP contribution >= 0.6 is 0 Å². The summed E-state index contributed by atoms with van der Waals surface area (Å²) in [7, 11) is -0.757. The van der Waals surface area contributed by atoms with Gasteiger partial charge in [0, 0.05) is 6.07 Å². The predicted octanol–water partition coefficient (Wildman–Crippen LogP) is 1.34. The summed E-state index contributed by atoms with van der Waals surface area (Å²) in [5.74, 6) is 0.405. The number of alkyl halides is 1. The molecule has 5 nitrogen and oxygen atoms in total. The van der Waals surface area contributed by atoms with E-state index in [9.17, 15) is 12.8 Å². The van der Waals surface area contributed by atoms with Crippen LogP contribution in [0.5, 0.6) is 11.5 Å². The fourth-order valence-corrected chi connectivity index (χ4v) is 3.33. The van der Waals surface area contributed by atoms with Crippen molar-refractivity contribution in [3.05, 3.63) is 17.7 Å². The van der Waals surface area contributed by atoms with Crippen LogP contribution in [0.3, 0.4) is 0 Å². The Morgan fingerprint density at radius 2 is 1.85 bits per heavy atom. The van der Waals surface area contributed by atoms with Crippen molar-refractivity contribution in [3.63, 3.8) is 0 Å². The number of hydrogen-bond acceptors (Lipinski definition) is 5. The largest absolute Gasteiger partial charge is 0.496 e. The highest BCUT2D eigenvalue weighted by Gasteiger charge is 2.22. The van der Waals surface area contributed by atoms with Gasteiger partial charge in [-0.05, 0) is 31.0 Å². The third-order valence-corrected chi connectivity index (χ3v) is 4.68. The molecule has 0 aliphatic rings. The first-order valence-electron chi connectivity index (χ1n) is 6.23. The molecule has 0 spiro atoms. The summed E-state index contributed by atoms with van der Waals surface area (Å²) in [6, 6.07) is 3.02. The zero-order chi connectivity index (χ0) is 15.2. The van der Waals surface area contributed by atoms with Gasteiger partial charge < -0.3 is 15.2 Å². The van der Waals surface area contributed by atoms with E-state index in [2.05, 4.69) is 0 Å². The van der Waals surface area contributed by atoms with Gasteiger partial charge in [-0.2, -0.15) is 0 Å². The van der Waals surface area contributed by atoms with E-state index in [1.165, 1.54) is 20.3 Å². The molecule has 0 aliphatic heterocycles. The minimum absolute atomic E-state index is 0.0195. The molecule has 2 N–H and O–H groups in total. The Kier molecular flexibility index (Phi) is 6.22. The van der Waals surface area contributed by atoms with E-state index in [4.69, 9.17) is 15.2 Å². The van der Waals surface area contributed by atoms with Gasteiger partial charge in [-0.25, -0.2) is 8.42 Å². The number of ether oxygens (including phenoxy) is 2. The molecule has 0 saturated carbocycles. The lowest BCUT2D eigenvalue weighted by atomic mass is 10.1. The maximum absolute atomic E-state index is 12.2. The zero-order valence-corrected chi connectivity index (χ0v) is 12.5. The van der Waals surface area contributed by atoms with Crippen molar-refractivity contribution in [3.8, 4) is 11.5 Å². The second-order valence-corrected chi connectivity index (χ2v) is 6.29. The fourth-order valence-electron chi connectivity index (χ4n) is 1.88. The quantitative estimate of drug-likeness (QED) is 0.784. The van der Waals surface area contributed by atoms with Gasteiger partial charge in [0.2, 0.25) is 0 Å². The molecule has 0 atom stereocenters. The Bertz CT molecular complexity index is 546. The van der Waals surface area contributed by atoms with Crippen molar-refractivity contribution in [2.45, 2.75) is 17.7 Å². The topological polar surface area (TPSA) is 78.6 Å². The molecule has 1 aromatic rings. The van der Waals surface area contributed by atoms with Crippen LogP contribution in [0.25, 0.3) is 0 Å². The highest BCUT2D eigenvalue weighted by molar-refractivity contribution is 7.91. The molecule has 0 fully saturated rings. The van der Waals surface area contributed by atoms with Gasteiger partial charge in [-0.1, -0.05) is 0 Å². The number of halogens is 1. The molecule has 0 saturated heterocycles. The maximum atomic E-state index is 12.2. The molecular weight excluding hydrogens is 285 g/mol. The average Bonchev–Trinajstić information content (AvgIpc) is 2.44. The van der Waals surface area contributed by atoms with E-state index in [-0.39, 0.29) is 22.8 Å². The molecule has 7 heteroatoms. The molecule has 0 aromatic heterocycles. The van der Waals surface area contributed by atoms with Crippen molar-refractivity contribution in [1.29, 1.82) is 0 Å². The SMILES string of the molecule is COc1cc(S(=O)(=O)CCCF)c(OC)cc1CCN. The van der Waals surface area contributed by atoms with E-state index in [1.54, 1.807) is 6.07 Å². The summed E-state index contributed by atoms with van der Waals surface area (Å²) < 4.78 is 46.9. The Morgan fingerprint density at radius 3 is 2.35 bits per heavy atom. The van der Waals surface area contributed by atoms with Crippen LogP contribution in [0, 0.1) is 0 Å². The molecule has 1 aromatic carbocycles. The van der Waals surface area contributed by atoms with Crippen molar-refractivity contribution in [1.82, 2.24) is 0 Å². The first-order valence-corrected chi connectivity index (χ1v) is 7.89. The third kappa shape index (κ3) is 3.83. The zero-order valence-electron chi connectivity index (χ0n) is 11.7. The van der Waals surface area contributed by atoms with E-state index in [0.717, 1.165) is 5.56 Å². The summed E-state index contributed by atoms with van der Waals surface area (Å²) in [6.45, 7) is -0.266. The van der Waals surface area contributed by atoms with Gasteiger partial charge in [0.15, 0.2) is 9.84 Å². The van der Waals surface area contributed by atoms with Crippen molar-refractivity contribution in [2.75, 3.05) is 33.2 Å². The van der Waals surface area contributed by atoms with E-state index < -0.39 is 16.5 Å². The van der Waals surface area contributed by atoms with Crippen LogP contribution in [0.2, 0.25) is 0 Å². The number of nitrogens with two attached hydrogens (primary N) is 1. The Balaban J connectivity index is 3.31. The summed E-state index contributed by atoms with van der Waals surface area (Å²) >= 11 is 0. The van der Waals surface area contributed by atoms with Gasteiger partial charge in [0.25, 0.3) is 0 Å². The molecule has 0 unspecified atom stereocenters. The van der Waals surface area contributed by atoms with Crippen molar-refractivity contribution in [2.24, 2.45) is 5.73 Å². The van der Waals surface area contributed by atoms with E-state index in [0.29, 0.717) is 18.7 Å². The Morgan fingerprint density at radius 1 is 1.20 bits per heavy atom. The molecule has 20 heavy (non-hydrogen) atoms. The molecule has 1 rings (SSSR count). The number of methoxy groups -OCH3 is 2. The molecule has 114 valence electrons. The standard InChI is InChI=1S/C13H20FNO4S/c1-18-11-9-13(20(16,17)7-3-5-14)12(19-2)8-10(11)4-6-15/h8-9H,3-7,15H2,1-2H3. The van der Waals surface area contributed by atoms with Crippen molar-refractivity contribution >= 4 is 9.84 Å². The molecule has 0 heterocycles. The average molecular weight is 305 g/mol. The lowest BCUT2D eigenvalue weighted by Gasteiger charge is -2.14. The predicted molar refractivity (Wildman–Crippen MR) is 74.9 cm³/mol. The van der Waals surface area contributed by atoms with Crippen LogP contribution in [0.4, 0.5) is 4.39 Å². The fraction of sp³-hybridized carbons (Fsp3) is 0.538. The van der Waals surface area contributed by atoms with Gasteiger partial charge in [-0.3, -0.25) is 4.39 Å². The number of benzene rings is 1. The lowest BCUT2D eigenvalue weighted by molar-refractivity contribution is 0.388. The number of hydrogen-bond donors (Lipinski definition) is 1. The Hall–Kier alpha value is -1.34. The highest BCUT2D eigenvalue weighted by Crippen LogP contribution is 2.33. The van der Waals surface area contributed by atoms with Crippen LogP contribution in [0.1, 0.15) is 12.0 Å². The molecule has 0 aliphatic carbocycles. The van der Waals surface area contributed by atoms with E-state index in [1.807, 2.05) is 0 Å². The normalized spacial score (nSPS) is 11.4. The minimum atomic E-state index is -3.61. The molecule has 0 amide bonds. The van der Waals surface area contributed by atoms with Gasteiger partial charge in [0.1, 0.15) is 16.4 Å². The second kappa shape index (κ2) is 7.44. The lowest BCUT2D eigenvalue weighted by Crippen LogP contribution is -2.11. The monoisotopic (exact) mass is 305 g/mol.